The summed E-state index contributed by atoms with van der Waals surface area (Å²) in [5, 5.41) is 0. The van der Waals surface area contributed by atoms with Crippen molar-refractivity contribution in [1.82, 2.24) is 4.90 Å². The molecule has 0 saturated heterocycles. The largest absolute Gasteiger partial charge is 0.399 e. The number of anilines is 2. The molecule has 0 atom stereocenters. The third kappa shape index (κ3) is 2.75. The number of rotatable bonds is 4. The first kappa shape index (κ1) is 12.7. The van der Waals surface area contributed by atoms with Crippen LogP contribution >= 0.6 is 0 Å². The molecule has 0 aliphatic heterocycles. The van der Waals surface area contributed by atoms with Gasteiger partial charge in [0.15, 0.2) is 0 Å². The number of benzene rings is 1. The molecule has 0 spiro atoms. The molecule has 4 N–H and O–H groups in total. The average molecular weight is 247 g/mol. The van der Waals surface area contributed by atoms with E-state index in [0.29, 0.717) is 28.9 Å². The molecule has 0 bridgehead atoms. The number of amides is 1. The third-order valence-electron chi connectivity index (χ3n) is 3.12. The molecule has 4 nitrogen and oxygen atoms in total. The summed E-state index contributed by atoms with van der Waals surface area (Å²) < 4.78 is 0. The van der Waals surface area contributed by atoms with Crippen LogP contribution in [0.3, 0.4) is 0 Å². The van der Waals surface area contributed by atoms with Crippen molar-refractivity contribution < 1.29 is 4.79 Å². The summed E-state index contributed by atoms with van der Waals surface area (Å²) in [6, 6.07) is 5.50. The van der Waals surface area contributed by atoms with Crippen LogP contribution in [0.15, 0.2) is 18.2 Å². The maximum Gasteiger partial charge on any atom is 0.256 e. The third-order valence-corrected chi connectivity index (χ3v) is 3.12. The molecule has 1 aliphatic rings. The van der Waals surface area contributed by atoms with Crippen LogP contribution in [0.4, 0.5) is 11.4 Å². The van der Waals surface area contributed by atoms with Gasteiger partial charge in [-0.2, -0.15) is 0 Å². The van der Waals surface area contributed by atoms with Crippen molar-refractivity contribution in [2.75, 3.05) is 18.0 Å². The van der Waals surface area contributed by atoms with E-state index in [-0.39, 0.29) is 5.91 Å². The van der Waals surface area contributed by atoms with Crippen molar-refractivity contribution in [3.05, 3.63) is 23.8 Å². The molecular weight excluding hydrogens is 226 g/mol. The number of carbonyl (C=O) groups excluding carboxylic acids is 1. The molecule has 1 aromatic rings. The molecule has 98 valence electrons. The van der Waals surface area contributed by atoms with Crippen molar-refractivity contribution >= 4 is 17.3 Å². The van der Waals surface area contributed by atoms with Crippen molar-refractivity contribution in [1.29, 1.82) is 0 Å². The Morgan fingerprint density at radius 3 is 2.56 bits per heavy atom. The Hall–Kier alpha value is -1.71. The summed E-state index contributed by atoms with van der Waals surface area (Å²) in [6.07, 6.45) is 2.21. The normalized spacial score (nSPS) is 14.8. The van der Waals surface area contributed by atoms with Crippen molar-refractivity contribution in [3.63, 3.8) is 0 Å². The Labute approximate surface area is 108 Å². The molecule has 0 unspecified atom stereocenters. The smallest absolute Gasteiger partial charge is 0.256 e. The van der Waals surface area contributed by atoms with E-state index < -0.39 is 0 Å². The van der Waals surface area contributed by atoms with E-state index in [1.165, 1.54) is 0 Å². The second kappa shape index (κ2) is 4.88. The van der Waals surface area contributed by atoms with E-state index in [9.17, 15) is 4.79 Å². The number of carbonyl (C=O) groups is 1. The van der Waals surface area contributed by atoms with Gasteiger partial charge in [0.05, 0.1) is 5.56 Å². The van der Waals surface area contributed by atoms with E-state index in [2.05, 4.69) is 13.8 Å². The lowest BCUT2D eigenvalue weighted by molar-refractivity contribution is 0.0723. The quantitative estimate of drug-likeness (QED) is 0.800. The zero-order valence-corrected chi connectivity index (χ0v) is 11.0. The summed E-state index contributed by atoms with van der Waals surface area (Å²) >= 11 is 0. The Balaban J connectivity index is 2.22. The van der Waals surface area contributed by atoms with Gasteiger partial charge in [0.1, 0.15) is 0 Å². The zero-order valence-electron chi connectivity index (χ0n) is 11.0. The van der Waals surface area contributed by atoms with E-state index in [0.717, 1.165) is 19.4 Å². The Bertz CT molecular complexity index is 452. The van der Waals surface area contributed by atoms with E-state index >= 15 is 0 Å². The van der Waals surface area contributed by atoms with Crippen molar-refractivity contribution in [2.45, 2.75) is 32.7 Å². The highest BCUT2D eigenvalue weighted by atomic mass is 16.2. The highest BCUT2D eigenvalue weighted by Crippen LogP contribution is 2.30. The molecule has 1 saturated carbocycles. The van der Waals surface area contributed by atoms with Crippen LogP contribution in [-0.2, 0) is 0 Å². The summed E-state index contributed by atoms with van der Waals surface area (Å²) in [6.45, 7) is 5.03. The van der Waals surface area contributed by atoms with E-state index in [1.807, 2.05) is 4.90 Å². The van der Waals surface area contributed by atoms with Gasteiger partial charge in [0, 0.05) is 24.0 Å². The van der Waals surface area contributed by atoms with Crippen LogP contribution in [0, 0.1) is 5.92 Å². The van der Waals surface area contributed by atoms with Crippen LogP contribution in [-0.4, -0.2) is 23.4 Å². The number of nitrogen functional groups attached to an aromatic ring is 2. The predicted molar refractivity (Wildman–Crippen MR) is 74.2 cm³/mol. The summed E-state index contributed by atoms with van der Waals surface area (Å²) in [7, 11) is 0. The van der Waals surface area contributed by atoms with Crippen LogP contribution < -0.4 is 11.5 Å². The Morgan fingerprint density at radius 1 is 1.39 bits per heavy atom. The molecule has 18 heavy (non-hydrogen) atoms. The van der Waals surface area contributed by atoms with Crippen LogP contribution in [0.2, 0.25) is 0 Å². The molecule has 1 fully saturated rings. The SMILES string of the molecule is CC(C)CN(C(=O)c1ccc(N)cc1N)C1CC1. The monoisotopic (exact) mass is 247 g/mol. The van der Waals surface area contributed by atoms with Gasteiger partial charge < -0.3 is 16.4 Å². The number of hydrogen-bond acceptors (Lipinski definition) is 3. The first-order chi connectivity index (χ1) is 8.49. The minimum absolute atomic E-state index is 0.0312. The first-order valence-electron chi connectivity index (χ1n) is 6.45. The van der Waals surface area contributed by atoms with Gasteiger partial charge in [-0.15, -0.1) is 0 Å². The van der Waals surface area contributed by atoms with Crippen LogP contribution in [0.25, 0.3) is 0 Å². The number of hydrogen-bond donors (Lipinski definition) is 2. The molecule has 1 aromatic carbocycles. The van der Waals surface area contributed by atoms with E-state index in [4.69, 9.17) is 11.5 Å². The molecule has 4 heteroatoms. The summed E-state index contributed by atoms with van der Waals surface area (Å²) in [5.74, 6) is 0.494. The van der Waals surface area contributed by atoms with Crippen LogP contribution in [0.1, 0.15) is 37.0 Å². The number of nitrogens with two attached hydrogens (primary N) is 2. The second-order valence-corrected chi connectivity index (χ2v) is 5.43. The fraction of sp³-hybridized carbons (Fsp3) is 0.500. The molecule has 0 radical (unpaired) electrons. The molecule has 0 heterocycles. The van der Waals surface area contributed by atoms with Gasteiger partial charge in [-0.1, -0.05) is 13.8 Å². The topological polar surface area (TPSA) is 72.3 Å². The fourth-order valence-electron chi connectivity index (χ4n) is 2.11. The van der Waals surface area contributed by atoms with Gasteiger partial charge >= 0.3 is 0 Å². The lowest BCUT2D eigenvalue weighted by atomic mass is 10.1. The molecule has 2 rings (SSSR count). The number of nitrogens with zero attached hydrogens (tertiary/aromatic N) is 1. The summed E-state index contributed by atoms with van der Waals surface area (Å²) in [4.78, 5) is 14.4. The van der Waals surface area contributed by atoms with Crippen molar-refractivity contribution in [2.24, 2.45) is 5.92 Å². The lowest BCUT2D eigenvalue weighted by Gasteiger charge is -2.25. The van der Waals surface area contributed by atoms with E-state index in [1.54, 1.807) is 18.2 Å². The fourth-order valence-corrected chi connectivity index (χ4v) is 2.11. The molecule has 1 aliphatic carbocycles. The first-order valence-corrected chi connectivity index (χ1v) is 6.45. The second-order valence-electron chi connectivity index (χ2n) is 5.43. The molecule has 1 amide bonds. The highest BCUT2D eigenvalue weighted by molar-refractivity contribution is 6.00. The predicted octanol–water partition coefficient (Wildman–Crippen LogP) is 2.11. The summed E-state index contributed by atoms with van der Waals surface area (Å²) in [5.41, 5.74) is 13.2. The van der Waals surface area contributed by atoms with Gasteiger partial charge in [0.25, 0.3) is 5.91 Å². The van der Waals surface area contributed by atoms with Gasteiger partial charge in [-0.25, -0.2) is 0 Å². The standard InChI is InChI=1S/C14H21N3O/c1-9(2)8-17(11-4-5-11)14(18)12-6-3-10(15)7-13(12)16/h3,6-7,9,11H,4-5,8,15-16H2,1-2H3. The van der Waals surface area contributed by atoms with Gasteiger partial charge in [0.2, 0.25) is 0 Å². The lowest BCUT2D eigenvalue weighted by Crippen LogP contribution is -2.36. The minimum Gasteiger partial charge on any atom is -0.399 e. The highest BCUT2D eigenvalue weighted by Gasteiger charge is 2.33. The zero-order chi connectivity index (χ0) is 13.3. The Kier molecular flexibility index (Phi) is 3.45. The Morgan fingerprint density at radius 2 is 2.06 bits per heavy atom. The molecule has 0 aromatic heterocycles. The maximum atomic E-state index is 12.5. The van der Waals surface area contributed by atoms with Gasteiger partial charge in [-0.3, -0.25) is 4.79 Å². The van der Waals surface area contributed by atoms with Gasteiger partial charge in [-0.05, 0) is 37.0 Å². The van der Waals surface area contributed by atoms with Crippen LogP contribution in [0.5, 0.6) is 0 Å². The maximum absolute atomic E-state index is 12.5. The minimum atomic E-state index is 0.0312. The van der Waals surface area contributed by atoms with Crippen molar-refractivity contribution in [3.8, 4) is 0 Å². The average Bonchev–Trinajstić information content (AvgIpc) is 3.08. The molecular formula is C14H21N3O.